The van der Waals surface area contributed by atoms with Gasteiger partial charge >= 0.3 is 0 Å². The molecule has 1 nitrogen and oxygen atoms in total. The molecule has 0 saturated heterocycles. The van der Waals surface area contributed by atoms with E-state index in [0.29, 0.717) is 5.75 Å². The Morgan fingerprint density at radius 3 is 2.57 bits per heavy atom. The van der Waals surface area contributed by atoms with E-state index < -0.39 is 13.0 Å². The summed E-state index contributed by atoms with van der Waals surface area (Å²) in [6.07, 6.45) is -1.47. The number of rotatable bonds is 4. The van der Waals surface area contributed by atoms with Crippen molar-refractivity contribution in [2.24, 2.45) is 0 Å². The fraction of sp³-hybridized carbons (Fsp3) is 0.455. The summed E-state index contributed by atoms with van der Waals surface area (Å²) in [5.74, 6) is 0.514. The number of halogens is 2. The molecule has 0 aromatic heterocycles. The van der Waals surface area contributed by atoms with Gasteiger partial charge in [-0.15, -0.1) is 0 Å². The minimum absolute atomic E-state index is 0.514. The molecule has 0 saturated carbocycles. The van der Waals surface area contributed by atoms with Gasteiger partial charge in [0.25, 0.3) is 6.43 Å². The summed E-state index contributed by atoms with van der Waals surface area (Å²) in [5, 5.41) is 0. The van der Waals surface area contributed by atoms with Crippen LogP contribution in [0.1, 0.15) is 18.1 Å². The number of ether oxygens (including phenoxy) is 1. The van der Waals surface area contributed by atoms with Gasteiger partial charge in [0.1, 0.15) is 12.4 Å². The van der Waals surface area contributed by atoms with Gasteiger partial charge in [0.15, 0.2) is 0 Å². The first kappa shape index (κ1) is 11.0. The minimum Gasteiger partial charge on any atom is -0.488 e. The molecule has 0 radical (unpaired) electrons. The maximum absolute atomic E-state index is 11.8. The van der Waals surface area contributed by atoms with Crippen LogP contribution in [0.5, 0.6) is 5.75 Å². The highest BCUT2D eigenvalue weighted by atomic mass is 19.3. The van der Waals surface area contributed by atoms with Crippen LogP contribution < -0.4 is 4.74 Å². The monoisotopic (exact) mass is 200 g/mol. The van der Waals surface area contributed by atoms with Crippen molar-refractivity contribution in [2.45, 2.75) is 26.7 Å². The highest BCUT2D eigenvalue weighted by Gasteiger charge is 2.04. The Kier molecular flexibility index (Phi) is 3.86. The molecule has 1 aromatic rings. The Morgan fingerprint density at radius 1 is 1.36 bits per heavy atom. The summed E-state index contributed by atoms with van der Waals surface area (Å²) in [4.78, 5) is 0. The lowest BCUT2D eigenvalue weighted by Gasteiger charge is -2.08. The molecular weight excluding hydrogens is 186 g/mol. The van der Waals surface area contributed by atoms with Crippen molar-refractivity contribution in [2.75, 3.05) is 6.61 Å². The van der Waals surface area contributed by atoms with Crippen LogP contribution in [0.25, 0.3) is 0 Å². The van der Waals surface area contributed by atoms with Gasteiger partial charge in [0.2, 0.25) is 0 Å². The second-order valence-electron chi connectivity index (χ2n) is 3.14. The Bertz CT molecular complexity index is 297. The van der Waals surface area contributed by atoms with Gasteiger partial charge in [-0.25, -0.2) is 8.78 Å². The van der Waals surface area contributed by atoms with Crippen molar-refractivity contribution in [3.05, 3.63) is 29.3 Å². The van der Waals surface area contributed by atoms with E-state index >= 15 is 0 Å². The summed E-state index contributed by atoms with van der Waals surface area (Å²) in [6.45, 7) is 3.47. The lowest BCUT2D eigenvalue weighted by Crippen LogP contribution is -2.07. The van der Waals surface area contributed by atoms with Crippen LogP contribution in [0.2, 0.25) is 0 Å². The van der Waals surface area contributed by atoms with Crippen LogP contribution in [0.4, 0.5) is 8.78 Å². The summed E-state index contributed by atoms with van der Waals surface area (Å²) in [5.41, 5.74) is 2.30. The molecule has 0 fully saturated rings. The zero-order chi connectivity index (χ0) is 10.6. The third-order valence-electron chi connectivity index (χ3n) is 2.07. The quantitative estimate of drug-likeness (QED) is 0.725. The van der Waals surface area contributed by atoms with E-state index in [9.17, 15) is 8.78 Å². The molecule has 0 atom stereocenters. The van der Waals surface area contributed by atoms with E-state index in [2.05, 4.69) is 6.92 Å². The van der Waals surface area contributed by atoms with Gasteiger partial charge in [-0.3, -0.25) is 0 Å². The van der Waals surface area contributed by atoms with Crippen molar-refractivity contribution in [1.82, 2.24) is 0 Å². The molecule has 0 bridgehead atoms. The van der Waals surface area contributed by atoms with Crippen LogP contribution in [-0.2, 0) is 6.42 Å². The maximum Gasteiger partial charge on any atom is 0.272 e. The smallest absolute Gasteiger partial charge is 0.272 e. The van der Waals surface area contributed by atoms with Crippen LogP contribution in [0.3, 0.4) is 0 Å². The molecule has 0 aliphatic heterocycles. The van der Waals surface area contributed by atoms with Gasteiger partial charge in [-0.1, -0.05) is 13.0 Å². The molecule has 0 aliphatic carbocycles. The number of hydrogen-bond acceptors (Lipinski definition) is 1. The lowest BCUT2D eigenvalue weighted by atomic mass is 10.1. The van der Waals surface area contributed by atoms with Crippen LogP contribution in [-0.4, -0.2) is 13.0 Å². The van der Waals surface area contributed by atoms with Gasteiger partial charge < -0.3 is 4.74 Å². The van der Waals surface area contributed by atoms with E-state index in [4.69, 9.17) is 4.74 Å². The van der Waals surface area contributed by atoms with Gasteiger partial charge in [-0.05, 0) is 36.6 Å². The largest absolute Gasteiger partial charge is 0.488 e. The third-order valence-corrected chi connectivity index (χ3v) is 2.07. The summed E-state index contributed by atoms with van der Waals surface area (Å²) in [7, 11) is 0. The first-order chi connectivity index (χ1) is 6.63. The highest BCUT2D eigenvalue weighted by Crippen LogP contribution is 2.18. The molecule has 0 amide bonds. The molecular formula is C11H14F2O. The average molecular weight is 200 g/mol. The predicted octanol–water partition coefficient (Wildman–Crippen LogP) is 3.20. The molecule has 0 heterocycles. The molecule has 1 aromatic carbocycles. The molecule has 14 heavy (non-hydrogen) atoms. The first-order valence-corrected chi connectivity index (χ1v) is 4.64. The number of aryl methyl sites for hydroxylation is 2. The van der Waals surface area contributed by atoms with Crippen molar-refractivity contribution in [1.29, 1.82) is 0 Å². The molecule has 78 valence electrons. The Morgan fingerprint density at radius 2 is 2.07 bits per heavy atom. The molecule has 0 N–H and O–H groups in total. The average Bonchev–Trinajstić information content (AvgIpc) is 2.15. The summed E-state index contributed by atoms with van der Waals surface area (Å²) in [6, 6.07) is 5.44. The molecule has 0 unspecified atom stereocenters. The van der Waals surface area contributed by atoms with Gasteiger partial charge in [0, 0.05) is 0 Å². The van der Waals surface area contributed by atoms with Crippen LogP contribution in [0.15, 0.2) is 18.2 Å². The van der Waals surface area contributed by atoms with E-state index in [-0.39, 0.29) is 0 Å². The van der Waals surface area contributed by atoms with E-state index in [1.165, 1.54) is 5.56 Å². The van der Waals surface area contributed by atoms with Crippen molar-refractivity contribution < 1.29 is 13.5 Å². The predicted molar refractivity (Wildman–Crippen MR) is 52.1 cm³/mol. The normalized spacial score (nSPS) is 10.6. The molecule has 3 heteroatoms. The lowest BCUT2D eigenvalue weighted by molar-refractivity contribution is 0.0818. The number of alkyl halides is 2. The van der Waals surface area contributed by atoms with Gasteiger partial charge in [0.05, 0.1) is 0 Å². The minimum atomic E-state index is -2.42. The molecule has 0 aliphatic rings. The van der Waals surface area contributed by atoms with Gasteiger partial charge in [-0.2, -0.15) is 0 Å². The van der Waals surface area contributed by atoms with Crippen molar-refractivity contribution in [3.63, 3.8) is 0 Å². The summed E-state index contributed by atoms with van der Waals surface area (Å²) >= 11 is 0. The zero-order valence-corrected chi connectivity index (χ0v) is 8.39. The topological polar surface area (TPSA) is 9.23 Å². The fourth-order valence-corrected chi connectivity index (χ4v) is 1.31. The highest BCUT2D eigenvalue weighted by molar-refractivity contribution is 5.34. The number of benzene rings is 1. The van der Waals surface area contributed by atoms with Crippen molar-refractivity contribution >= 4 is 0 Å². The van der Waals surface area contributed by atoms with Crippen LogP contribution >= 0.6 is 0 Å². The maximum atomic E-state index is 11.8. The molecule has 0 spiro atoms. The Hall–Kier alpha value is -1.12. The standard InChI is InChI=1S/C11H14F2O/c1-3-9-4-5-10(6-8(9)2)14-7-11(12)13/h4-6,11H,3,7H2,1-2H3. The third kappa shape index (κ3) is 2.98. The Balaban J connectivity index is 2.66. The second-order valence-corrected chi connectivity index (χ2v) is 3.14. The number of hydrogen-bond donors (Lipinski definition) is 0. The van der Waals surface area contributed by atoms with E-state index in [1.807, 2.05) is 13.0 Å². The second kappa shape index (κ2) is 4.94. The molecule has 1 rings (SSSR count). The first-order valence-electron chi connectivity index (χ1n) is 4.64. The van der Waals surface area contributed by atoms with Crippen molar-refractivity contribution in [3.8, 4) is 5.75 Å². The van der Waals surface area contributed by atoms with E-state index in [0.717, 1.165) is 12.0 Å². The summed E-state index contributed by atoms with van der Waals surface area (Å²) < 4.78 is 28.6. The van der Waals surface area contributed by atoms with Crippen LogP contribution in [0, 0.1) is 6.92 Å². The fourth-order valence-electron chi connectivity index (χ4n) is 1.31. The Labute approximate surface area is 82.7 Å². The zero-order valence-electron chi connectivity index (χ0n) is 8.39. The SMILES string of the molecule is CCc1ccc(OCC(F)F)cc1C. The van der Waals surface area contributed by atoms with E-state index in [1.54, 1.807) is 12.1 Å².